The van der Waals surface area contributed by atoms with Gasteiger partial charge in [0, 0.05) is 17.4 Å². The van der Waals surface area contributed by atoms with Crippen LogP contribution in [-0.2, 0) is 19.1 Å². The van der Waals surface area contributed by atoms with Crippen LogP contribution in [-0.4, -0.2) is 24.6 Å². The maximum atomic E-state index is 11.5. The van der Waals surface area contributed by atoms with Gasteiger partial charge in [-0.05, 0) is 25.7 Å². The Kier molecular flexibility index (Phi) is 2.28. The molecule has 1 heterocycles. The quantitative estimate of drug-likeness (QED) is 0.535. The van der Waals surface area contributed by atoms with Crippen molar-refractivity contribution in [3.63, 3.8) is 0 Å². The monoisotopic (exact) mass is 236 g/mol. The highest BCUT2D eigenvalue weighted by Crippen LogP contribution is 2.56. The minimum atomic E-state index is -0.315. The largest absolute Gasteiger partial charge is 0.465 e. The molecule has 0 aromatic rings. The van der Waals surface area contributed by atoms with E-state index in [1.165, 1.54) is 0 Å². The van der Waals surface area contributed by atoms with Crippen LogP contribution >= 0.6 is 0 Å². The molecule has 3 aliphatic rings. The fourth-order valence-corrected chi connectivity index (χ4v) is 3.67. The second kappa shape index (κ2) is 3.59. The van der Waals surface area contributed by atoms with E-state index in [9.17, 15) is 9.59 Å². The molecule has 0 amide bonds. The van der Waals surface area contributed by atoms with E-state index in [2.05, 4.69) is 6.58 Å². The van der Waals surface area contributed by atoms with Crippen molar-refractivity contribution in [3.8, 4) is 0 Å². The van der Waals surface area contributed by atoms with Gasteiger partial charge in [-0.2, -0.15) is 0 Å². The van der Waals surface area contributed by atoms with Gasteiger partial charge < -0.3 is 9.47 Å². The standard InChI is InChI=1S/C13H16O4/c1-6(2)12(14)17-10-4-7-3-8(10)9-5-16-13(15)11(7)9/h7-11H,1,3-5H2,2H3. The van der Waals surface area contributed by atoms with Crippen molar-refractivity contribution in [2.75, 3.05) is 6.61 Å². The van der Waals surface area contributed by atoms with Crippen LogP contribution < -0.4 is 0 Å². The average Bonchev–Trinajstić information content (AvgIpc) is 2.90. The van der Waals surface area contributed by atoms with Gasteiger partial charge in [0.2, 0.25) is 0 Å². The van der Waals surface area contributed by atoms with Gasteiger partial charge in [-0.15, -0.1) is 0 Å². The number of fused-ring (bicyclic) bond motifs is 5. The first-order chi connectivity index (χ1) is 8.08. The van der Waals surface area contributed by atoms with Crippen LogP contribution in [0.2, 0.25) is 0 Å². The Bertz CT molecular complexity index is 400. The number of cyclic esters (lactones) is 1. The van der Waals surface area contributed by atoms with Gasteiger partial charge in [0.05, 0.1) is 12.5 Å². The molecule has 2 saturated carbocycles. The lowest BCUT2D eigenvalue weighted by Crippen LogP contribution is -2.34. The number of rotatable bonds is 2. The molecular weight excluding hydrogens is 220 g/mol. The highest BCUT2D eigenvalue weighted by Gasteiger charge is 2.60. The van der Waals surface area contributed by atoms with Crippen molar-refractivity contribution in [2.24, 2.45) is 23.7 Å². The van der Waals surface area contributed by atoms with Gasteiger partial charge in [0.1, 0.15) is 6.10 Å². The van der Waals surface area contributed by atoms with Crippen molar-refractivity contribution >= 4 is 11.9 Å². The van der Waals surface area contributed by atoms with Crippen molar-refractivity contribution < 1.29 is 19.1 Å². The summed E-state index contributed by atoms with van der Waals surface area (Å²) in [7, 11) is 0. The highest BCUT2D eigenvalue weighted by molar-refractivity contribution is 5.87. The molecule has 5 unspecified atom stereocenters. The van der Waals surface area contributed by atoms with Crippen LogP contribution in [0.25, 0.3) is 0 Å². The van der Waals surface area contributed by atoms with E-state index in [0.29, 0.717) is 24.0 Å². The molecule has 3 fully saturated rings. The molecule has 1 aliphatic heterocycles. The van der Waals surface area contributed by atoms with Gasteiger partial charge in [0.25, 0.3) is 0 Å². The third-order valence-corrected chi connectivity index (χ3v) is 4.40. The summed E-state index contributed by atoms with van der Waals surface area (Å²) in [5.41, 5.74) is 0.433. The van der Waals surface area contributed by atoms with Gasteiger partial charge in [-0.3, -0.25) is 4.79 Å². The van der Waals surface area contributed by atoms with Crippen molar-refractivity contribution in [1.29, 1.82) is 0 Å². The van der Waals surface area contributed by atoms with Crippen molar-refractivity contribution in [1.82, 2.24) is 0 Å². The molecule has 0 spiro atoms. The van der Waals surface area contributed by atoms with Crippen LogP contribution in [0.15, 0.2) is 12.2 Å². The first-order valence-corrected chi connectivity index (χ1v) is 6.11. The molecule has 2 aliphatic carbocycles. The summed E-state index contributed by atoms with van der Waals surface area (Å²) in [5, 5.41) is 0. The van der Waals surface area contributed by atoms with Crippen molar-refractivity contribution in [3.05, 3.63) is 12.2 Å². The van der Waals surface area contributed by atoms with Crippen molar-refractivity contribution in [2.45, 2.75) is 25.9 Å². The normalized spacial score (nSPS) is 42.2. The Hall–Kier alpha value is -1.32. The summed E-state index contributed by atoms with van der Waals surface area (Å²) in [5.74, 6) is 0.628. The molecule has 92 valence electrons. The predicted molar refractivity (Wildman–Crippen MR) is 58.8 cm³/mol. The fraction of sp³-hybridized carbons (Fsp3) is 0.692. The lowest BCUT2D eigenvalue weighted by atomic mass is 9.80. The first-order valence-electron chi connectivity index (χ1n) is 6.11. The SMILES string of the molecule is C=C(C)C(=O)OC1CC2CC1C1COC(=O)C21. The average molecular weight is 236 g/mol. The summed E-state index contributed by atoms with van der Waals surface area (Å²) < 4.78 is 10.5. The highest BCUT2D eigenvalue weighted by atomic mass is 16.6. The predicted octanol–water partition coefficient (Wildman–Crippen LogP) is 1.30. The minimum Gasteiger partial charge on any atom is -0.465 e. The van der Waals surface area contributed by atoms with E-state index in [1.807, 2.05) is 0 Å². The number of hydrogen-bond donors (Lipinski definition) is 0. The molecule has 4 nitrogen and oxygen atoms in total. The molecule has 0 radical (unpaired) electrons. The zero-order valence-corrected chi connectivity index (χ0v) is 9.85. The summed E-state index contributed by atoms with van der Waals surface area (Å²) in [6.07, 6.45) is 1.76. The maximum absolute atomic E-state index is 11.5. The molecule has 5 atom stereocenters. The Labute approximate surface area is 100.0 Å². The summed E-state index contributed by atoms with van der Waals surface area (Å²) >= 11 is 0. The van der Waals surface area contributed by atoms with Crippen LogP contribution in [0.4, 0.5) is 0 Å². The Balaban J connectivity index is 1.71. The number of carbonyl (C=O) groups excluding carboxylic acids is 2. The van der Waals surface area contributed by atoms with Crippen LogP contribution in [0, 0.1) is 23.7 Å². The van der Waals surface area contributed by atoms with Gasteiger partial charge >= 0.3 is 11.9 Å². The Morgan fingerprint density at radius 1 is 1.41 bits per heavy atom. The number of esters is 2. The molecule has 3 rings (SSSR count). The molecule has 4 heteroatoms. The zero-order valence-electron chi connectivity index (χ0n) is 9.85. The molecule has 17 heavy (non-hydrogen) atoms. The van der Waals surface area contributed by atoms with Gasteiger partial charge in [-0.1, -0.05) is 6.58 Å². The second-order valence-corrected chi connectivity index (χ2v) is 5.44. The summed E-state index contributed by atoms with van der Waals surface area (Å²) in [6, 6.07) is 0. The Morgan fingerprint density at radius 3 is 2.88 bits per heavy atom. The molecule has 0 aromatic heterocycles. The number of carbonyl (C=O) groups is 2. The van der Waals surface area contributed by atoms with E-state index in [4.69, 9.17) is 9.47 Å². The number of hydrogen-bond acceptors (Lipinski definition) is 4. The van der Waals surface area contributed by atoms with Gasteiger partial charge in [0.15, 0.2) is 0 Å². The third kappa shape index (κ3) is 1.50. The van der Waals surface area contributed by atoms with Crippen LogP contribution in [0.3, 0.4) is 0 Å². The van der Waals surface area contributed by atoms with E-state index < -0.39 is 0 Å². The van der Waals surface area contributed by atoms with Gasteiger partial charge in [-0.25, -0.2) is 4.79 Å². The minimum absolute atomic E-state index is 0.0417. The molecule has 0 aromatic carbocycles. The summed E-state index contributed by atoms with van der Waals surface area (Å²) in [6.45, 7) is 5.74. The Morgan fingerprint density at radius 2 is 2.18 bits per heavy atom. The van der Waals surface area contributed by atoms with E-state index >= 15 is 0 Å². The molecule has 0 N–H and O–H groups in total. The second-order valence-electron chi connectivity index (χ2n) is 5.44. The topological polar surface area (TPSA) is 52.6 Å². The smallest absolute Gasteiger partial charge is 0.333 e. The van der Waals surface area contributed by atoms with E-state index in [-0.39, 0.29) is 29.9 Å². The molecule has 1 saturated heterocycles. The molecular formula is C13H16O4. The van der Waals surface area contributed by atoms with Crippen LogP contribution in [0.5, 0.6) is 0 Å². The van der Waals surface area contributed by atoms with Crippen LogP contribution in [0.1, 0.15) is 19.8 Å². The zero-order chi connectivity index (χ0) is 12.2. The first kappa shape index (κ1) is 10.8. The van der Waals surface area contributed by atoms with E-state index in [1.54, 1.807) is 6.92 Å². The third-order valence-electron chi connectivity index (χ3n) is 4.40. The lowest BCUT2D eigenvalue weighted by molar-refractivity contribution is -0.148. The fourth-order valence-electron chi connectivity index (χ4n) is 3.67. The lowest BCUT2D eigenvalue weighted by Gasteiger charge is -2.28. The summed E-state index contributed by atoms with van der Waals surface area (Å²) in [4.78, 5) is 23.1. The van der Waals surface area contributed by atoms with E-state index in [0.717, 1.165) is 12.8 Å². The maximum Gasteiger partial charge on any atom is 0.333 e. The number of ether oxygens (including phenoxy) is 2. The molecule has 2 bridgehead atoms.